The van der Waals surface area contributed by atoms with Crippen LogP contribution in [0.4, 0.5) is 0 Å². The van der Waals surface area contributed by atoms with E-state index >= 15 is 0 Å². The number of ether oxygens (including phenoxy) is 3. The first-order valence-electron chi connectivity index (χ1n) is 18.4. The molecule has 9 heteroatoms. The molecule has 1 aliphatic heterocycles. The number of para-hydroxylation sites is 1. The normalized spacial score (nSPS) is 24.4. The highest BCUT2D eigenvalue weighted by molar-refractivity contribution is 5.96. The van der Waals surface area contributed by atoms with Gasteiger partial charge in [-0.25, -0.2) is 0 Å². The lowest BCUT2D eigenvalue weighted by Gasteiger charge is -2.42. The summed E-state index contributed by atoms with van der Waals surface area (Å²) < 4.78 is 16.8. The van der Waals surface area contributed by atoms with Crippen molar-refractivity contribution in [3.8, 4) is 34.8 Å². The largest absolute Gasteiger partial charge is 0.504 e. The number of ketones is 1. The second kappa shape index (κ2) is 14.2. The van der Waals surface area contributed by atoms with Gasteiger partial charge in [-0.15, -0.1) is 0 Å². The van der Waals surface area contributed by atoms with Crippen LogP contribution in [-0.4, -0.2) is 58.5 Å². The predicted octanol–water partition coefficient (Wildman–Crippen LogP) is 6.91. The smallest absolute Gasteiger partial charge is 0.318 e. The molecule has 8 rings (SSSR count). The zero-order valence-corrected chi connectivity index (χ0v) is 29.9. The molecule has 3 aliphatic carbocycles. The predicted molar refractivity (Wildman–Crippen MR) is 200 cm³/mol. The molecule has 4 bridgehead atoms. The number of methoxy groups -OCH3 is 2. The van der Waals surface area contributed by atoms with Crippen LogP contribution in [0, 0.1) is 29.6 Å². The quantitative estimate of drug-likeness (QED) is 0.129. The number of rotatable bonds is 5. The van der Waals surface area contributed by atoms with Gasteiger partial charge in [0.05, 0.1) is 26.0 Å². The van der Waals surface area contributed by atoms with Crippen LogP contribution in [0.3, 0.4) is 0 Å². The van der Waals surface area contributed by atoms with Crippen LogP contribution < -0.4 is 9.47 Å². The van der Waals surface area contributed by atoms with E-state index in [2.05, 4.69) is 35.0 Å². The van der Waals surface area contributed by atoms with Crippen molar-refractivity contribution < 1.29 is 39.1 Å². The average molecular weight is 714 g/mol. The second-order valence-electron chi connectivity index (χ2n) is 14.7. The summed E-state index contributed by atoms with van der Waals surface area (Å²) in [6.07, 6.45) is 5.34. The third kappa shape index (κ3) is 6.46. The summed E-state index contributed by atoms with van der Waals surface area (Å²) in [6.45, 7) is 0. The molecular weight excluding hydrogens is 670 g/mol. The number of aromatic nitrogens is 1. The van der Waals surface area contributed by atoms with E-state index in [1.54, 1.807) is 18.2 Å². The number of benzene rings is 3. The molecule has 4 aromatic rings. The summed E-state index contributed by atoms with van der Waals surface area (Å²) in [5.74, 6) is 6.53. The third-order valence-electron chi connectivity index (χ3n) is 11.7. The SMILES string of the molecule is COc1cc(CC(O)C2CC(=O)CC3c4cc(OC)c(O)cc4C(=C4C=CC5CCC3C4C5)c3[nH]c4ccccc4c3CC#CCC(=O)O2)ccc1O. The van der Waals surface area contributed by atoms with Crippen LogP contribution in [0.15, 0.2) is 72.3 Å². The molecule has 0 radical (unpaired) electrons. The Kier molecular flexibility index (Phi) is 9.25. The van der Waals surface area contributed by atoms with Crippen molar-refractivity contribution in [1.82, 2.24) is 4.98 Å². The minimum atomic E-state index is -1.21. The van der Waals surface area contributed by atoms with Gasteiger partial charge in [-0.05, 0) is 101 Å². The minimum absolute atomic E-state index is 0.0183. The number of hydrogen-bond acceptors (Lipinski definition) is 8. The van der Waals surface area contributed by atoms with Crippen LogP contribution in [0.25, 0.3) is 16.5 Å². The molecule has 3 aromatic carbocycles. The maximum atomic E-state index is 14.4. The van der Waals surface area contributed by atoms with Crippen molar-refractivity contribution >= 4 is 28.2 Å². The lowest BCUT2D eigenvalue weighted by atomic mass is 9.62. The number of hydrogen-bond donors (Lipinski definition) is 4. The van der Waals surface area contributed by atoms with Gasteiger partial charge in [0.25, 0.3) is 0 Å². The molecule has 6 atom stereocenters. The lowest BCUT2D eigenvalue weighted by molar-refractivity contribution is -0.155. The maximum Gasteiger partial charge on any atom is 0.318 e. The van der Waals surface area contributed by atoms with Crippen molar-refractivity contribution in [2.45, 2.75) is 69.5 Å². The van der Waals surface area contributed by atoms with Crippen molar-refractivity contribution in [3.05, 3.63) is 100 Å². The second-order valence-corrected chi connectivity index (χ2v) is 14.7. The van der Waals surface area contributed by atoms with E-state index in [9.17, 15) is 24.9 Å². The number of aliphatic hydroxyl groups excluding tert-OH is 1. The molecule has 0 amide bonds. The van der Waals surface area contributed by atoms with Gasteiger partial charge in [-0.2, -0.15) is 0 Å². The van der Waals surface area contributed by atoms with E-state index in [0.717, 1.165) is 58.1 Å². The number of allylic oxidation sites excluding steroid dienone is 3. The summed E-state index contributed by atoms with van der Waals surface area (Å²) >= 11 is 0. The Balaban J connectivity index is 1.28. The van der Waals surface area contributed by atoms with Crippen LogP contribution in [0.5, 0.6) is 23.0 Å². The summed E-state index contributed by atoms with van der Waals surface area (Å²) in [6, 6.07) is 16.5. The van der Waals surface area contributed by atoms with Crippen LogP contribution in [0.1, 0.15) is 72.4 Å². The van der Waals surface area contributed by atoms with Gasteiger partial charge in [0.1, 0.15) is 18.3 Å². The highest BCUT2D eigenvalue weighted by atomic mass is 16.6. The molecular formula is C44H43NO8. The van der Waals surface area contributed by atoms with Gasteiger partial charge in [-0.1, -0.05) is 48.3 Å². The molecule has 1 fully saturated rings. The number of Topliss-reactive ketones (excluding diaryl/α,β-unsaturated/α-hetero) is 1. The number of nitrogens with one attached hydrogen (secondary N) is 1. The van der Waals surface area contributed by atoms with Gasteiger partial charge in [0, 0.05) is 42.2 Å². The number of phenolic OH excluding ortho intramolecular Hbond substituents is 2. The number of esters is 1. The fourth-order valence-corrected chi connectivity index (χ4v) is 9.19. The number of aromatic hydroxyl groups is 2. The van der Waals surface area contributed by atoms with Gasteiger partial charge in [0.2, 0.25) is 0 Å². The molecule has 9 nitrogen and oxygen atoms in total. The Morgan fingerprint density at radius 1 is 0.925 bits per heavy atom. The monoisotopic (exact) mass is 713 g/mol. The summed E-state index contributed by atoms with van der Waals surface area (Å²) in [7, 11) is 2.97. The van der Waals surface area contributed by atoms with Crippen molar-refractivity contribution in [3.63, 3.8) is 0 Å². The molecule has 0 saturated heterocycles. The van der Waals surface area contributed by atoms with E-state index in [0.29, 0.717) is 23.7 Å². The number of carbonyl (C=O) groups excluding carboxylic acids is 2. The number of phenols is 2. The van der Waals surface area contributed by atoms with Crippen molar-refractivity contribution in [2.24, 2.45) is 17.8 Å². The minimum Gasteiger partial charge on any atom is -0.504 e. The standard InChI is InChI=1S/C44H43NO8/c1-51-39-19-25(13-16-36(39)47)18-37(48)41-21-26(46)20-32-27-14-11-24-12-15-29(31(27)17-24)43(34-22-38(49)40(52-2)23-33(32)34)44-30(8-4-6-10-42(50)53-41)28-7-3-5-9-35(28)45-44/h3,5,7,9,12-13,15-16,19,22-24,27,31-32,37,41,45,47-49H,8,10-11,14,17-18,20-21H2,1-2H3. The van der Waals surface area contributed by atoms with Crippen LogP contribution in [-0.2, 0) is 27.2 Å². The molecule has 4 aliphatic rings. The topological polar surface area (TPSA) is 138 Å². The molecule has 2 heterocycles. The molecule has 1 aromatic heterocycles. The van der Waals surface area contributed by atoms with Gasteiger partial charge in [0.15, 0.2) is 23.0 Å². The van der Waals surface area contributed by atoms with E-state index < -0.39 is 18.2 Å². The van der Waals surface area contributed by atoms with Gasteiger partial charge < -0.3 is 34.5 Å². The molecule has 272 valence electrons. The van der Waals surface area contributed by atoms with Gasteiger partial charge >= 0.3 is 5.97 Å². The number of fused-ring (bicyclic) bond motifs is 6. The Labute approximate surface area is 308 Å². The first-order chi connectivity index (χ1) is 25.7. The highest BCUT2D eigenvalue weighted by Crippen LogP contribution is 2.57. The Morgan fingerprint density at radius 2 is 1.72 bits per heavy atom. The lowest BCUT2D eigenvalue weighted by Crippen LogP contribution is -2.36. The fourth-order valence-electron chi connectivity index (χ4n) is 9.19. The number of cyclic esters (lactones) is 1. The van der Waals surface area contributed by atoms with E-state index in [1.807, 2.05) is 24.3 Å². The van der Waals surface area contributed by atoms with Crippen LogP contribution in [0.2, 0.25) is 0 Å². The number of H-pyrrole nitrogens is 1. The zero-order chi connectivity index (χ0) is 36.8. The molecule has 6 unspecified atom stereocenters. The Morgan fingerprint density at radius 3 is 2.55 bits per heavy atom. The zero-order valence-electron chi connectivity index (χ0n) is 29.9. The molecule has 53 heavy (non-hydrogen) atoms. The van der Waals surface area contributed by atoms with E-state index in [4.69, 9.17) is 14.2 Å². The molecule has 4 N–H and O–H groups in total. The van der Waals surface area contributed by atoms with Crippen molar-refractivity contribution in [2.75, 3.05) is 14.2 Å². The Hall–Kier alpha value is -5.46. The molecule has 1 saturated carbocycles. The van der Waals surface area contributed by atoms with E-state index in [1.165, 1.54) is 25.9 Å². The third-order valence-corrected chi connectivity index (χ3v) is 11.7. The van der Waals surface area contributed by atoms with Crippen LogP contribution >= 0.6 is 0 Å². The summed E-state index contributed by atoms with van der Waals surface area (Å²) in [5, 5.41) is 34.0. The highest BCUT2D eigenvalue weighted by Gasteiger charge is 2.45. The van der Waals surface area contributed by atoms with Gasteiger partial charge in [-0.3, -0.25) is 9.59 Å². The van der Waals surface area contributed by atoms with E-state index in [-0.39, 0.29) is 66.5 Å². The Bertz CT molecular complexity index is 2230. The number of aliphatic hydroxyl groups is 1. The summed E-state index contributed by atoms with van der Waals surface area (Å²) in [4.78, 5) is 31.4. The summed E-state index contributed by atoms with van der Waals surface area (Å²) in [5.41, 5.74) is 7.48. The maximum absolute atomic E-state index is 14.4. The molecule has 0 spiro atoms. The first-order valence-corrected chi connectivity index (χ1v) is 18.4. The number of carbonyl (C=O) groups is 2. The number of aromatic amines is 1. The fraction of sp³-hybridized carbons (Fsp3) is 0.364. The average Bonchev–Trinajstić information content (AvgIpc) is 3.46. The first kappa shape index (κ1) is 34.6. The van der Waals surface area contributed by atoms with Crippen molar-refractivity contribution in [1.29, 1.82) is 0 Å².